The molecule has 1 aromatic carbocycles. The molecule has 0 unspecified atom stereocenters. The van der Waals surface area contributed by atoms with Crippen LogP contribution in [0, 0.1) is 12.8 Å². The molecule has 1 aromatic heterocycles. The van der Waals surface area contributed by atoms with Crippen molar-refractivity contribution in [2.45, 2.75) is 64.5 Å². The lowest BCUT2D eigenvalue weighted by atomic mass is 9.68. The molecule has 3 rings (SSSR count). The van der Waals surface area contributed by atoms with Gasteiger partial charge in [-0.05, 0) is 49.6 Å². The fourth-order valence-electron chi connectivity index (χ4n) is 4.20. The Morgan fingerprint density at radius 2 is 1.96 bits per heavy atom. The van der Waals surface area contributed by atoms with Gasteiger partial charge in [-0.1, -0.05) is 49.7 Å². The Morgan fingerprint density at radius 1 is 1.19 bits per heavy atom. The summed E-state index contributed by atoms with van der Waals surface area (Å²) in [7, 11) is 0. The topological polar surface area (TPSA) is 25.8 Å². The number of nitrogens with two attached hydrogens (primary N) is 1. The lowest BCUT2D eigenvalue weighted by molar-refractivity contribution is -0.693. The number of ether oxygens (including phenoxy) is 1. The number of quaternary nitrogens is 1. The molecular weight excluding hydrogens is 338 g/mol. The Bertz CT molecular complexity index is 664. The van der Waals surface area contributed by atoms with E-state index in [0.717, 1.165) is 26.0 Å². The van der Waals surface area contributed by atoms with E-state index < -0.39 is 0 Å². The van der Waals surface area contributed by atoms with E-state index in [0.29, 0.717) is 18.1 Å². The summed E-state index contributed by atoms with van der Waals surface area (Å²) in [6, 6.07) is 14.2. The monoisotopic (exact) mass is 372 g/mol. The SMILES string of the molecule is Cc1ccc([C@]2(CC[NH2+][C@@H](C)c3cccs3)CCO[C@H](C(C)C)C2)cc1. The molecular formula is C23H34NOS+. The summed E-state index contributed by atoms with van der Waals surface area (Å²) < 4.78 is 6.12. The smallest absolute Gasteiger partial charge is 0.118 e. The average molecular weight is 373 g/mol. The van der Waals surface area contributed by atoms with Crippen molar-refractivity contribution in [2.24, 2.45) is 5.92 Å². The summed E-state index contributed by atoms with van der Waals surface area (Å²) in [5, 5.41) is 4.70. The van der Waals surface area contributed by atoms with Crippen molar-refractivity contribution in [1.29, 1.82) is 0 Å². The highest BCUT2D eigenvalue weighted by Crippen LogP contribution is 2.41. The van der Waals surface area contributed by atoms with Gasteiger partial charge in [-0.15, -0.1) is 11.3 Å². The van der Waals surface area contributed by atoms with Gasteiger partial charge in [-0.25, -0.2) is 0 Å². The summed E-state index contributed by atoms with van der Waals surface area (Å²) in [6.45, 7) is 11.1. The zero-order valence-electron chi connectivity index (χ0n) is 16.7. The van der Waals surface area contributed by atoms with Crippen molar-refractivity contribution < 1.29 is 10.1 Å². The third-order valence-corrected chi connectivity index (χ3v) is 7.12. The van der Waals surface area contributed by atoms with Gasteiger partial charge in [0.05, 0.1) is 17.5 Å². The molecule has 0 spiro atoms. The molecule has 1 fully saturated rings. The van der Waals surface area contributed by atoms with Crippen LogP contribution in [0.4, 0.5) is 0 Å². The highest BCUT2D eigenvalue weighted by molar-refractivity contribution is 7.10. The maximum absolute atomic E-state index is 6.12. The van der Waals surface area contributed by atoms with Crippen molar-refractivity contribution in [3.63, 3.8) is 0 Å². The van der Waals surface area contributed by atoms with Gasteiger partial charge in [0.25, 0.3) is 0 Å². The Hall–Kier alpha value is -1.16. The maximum Gasteiger partial charge on any atom is 0.118 e. The molecule has 0 aliphatic carbocycles. The Kier molecular flexibility index (Phi) is 6.55. The normalized spacial score (nSPS) is 24.7. The second-order valence-electron chi connectivity index (χ2n) is 8.33. The Labute approximate surface area is 163 Å². The molecule has 0 bridgehead atoms. The lowest BCUT2D eigenvalue weighted by Crippen LogP contribution is -2.85. The number of hydrogen-bond donors (Lipinski definition) is 1. The van der Waals surface area contributed by atoms with Crippen molar-refractivity contribution in [2.75, 3.05) is 13.2 Å². The molecule has 0 saturated carbocycles. The molecule has 3 atom stereocenters. The van der Waals surface area contributed by atoms with Crippen LogP contribution in [0.1, 0.15) is 62.1 Å². The van der Waals surface area contributed by atoms with Gasteiger partial charge >= 0.3 is 0 Å². The zero-order valence-corrected chi connectivity index (χ0v) is 17.5. The van der Waals surface area contributed by atoms with E-state index in [-0.39, 0.29) is 5.41 Å². The van der Waals surface area contributed by atoms with E-state index in [2.05, 4.69) is 74.8 Å². The first-order valence-electron chi connectivity index (χ1n) is 10.1. The van der Waals surface area contributed by atoms with Gasteiger partial charge in [0.2, 0.25) is 0 Å². The predicted molar refractivity (Wildman–Crippen MR) is 111 cm³/mol. The standard InChI is InChI=1S/C23H33NOS/c1-17(2)21-16-23(12-14-25-21,20-9-7-18(3)8-10-20)11-13-24-19(4)22-6-5-15-26-22/h5-10,15,17,19,21,24H,11-14,16H2,1-4H3/p+1/t19-,21-,23+/m0/s1. The van der Waals surface area contributed by atoms with E-state index in [1.54, 1.807) is 0 Å². The molecule has 142 valence electrons. The van der Waals surface area contributed by atoms with Crippen molar-refractivity contribution in [3.05, 3.63) is 57.8 Å². The second-order valence-corrected chi connectivity index (χ2v) is 9.31. The minimum Gasteiger partial charge on any atom is -0.378 e. The van der Waals surface area contributed by atoms with Crippen LogP contribution < -0.4 is 5.32 Å². The van der Waals surface area contributed by atoms with Crippen molar-refractivity contribution in [1.82, 2.24) is 0 Å². The van der Waals surface area contributed by atoms with Crippen LogP contribution in [0.3, 0.4) is 0 Å². The number of thiophene rings is 1. The molecule has 0 radical (unpaired) electrons. The molecule has 26 heavy (non-hydrogen) atoms. The van der Waals surface area contributed by atoms with Crippen LogP contribution in [-0.2, 0) is 10.2 Å². The van der Waals surface area contributed by atoms with Crippen LogP contribution in [0.5, 0.6) is 0 Å². The molecule has 2 nitrogen and oxygen atoms in total. The fraction of sp³-hybridized carbons (Fsp3) is 0.565. The summed E-state index contributed by atoms with van der Waals surface area (Å²) in [6.07, 6.45) is 3.88. The third-order valence-electron chi connectivity index (χ3n) is 6.05. The number of rotatable bonds is 7. The quantitative estimate of drug-likeness (QED) is 0.739. The first-order chi connectivity index (χ1) is 12.5. The third kappa shape index (κ3) is 4.57. The van der Waals surface area contributed by atoms with Gasteiger partial charge in [-0.3, -0.25) is 0 Å². The summed E-state index contributed by atoms with van der Waals surface area (Å²) in [5.41, 5.74) is 3.11. The number of hydrogen-bond acceptors (Lipinski definition) is 2. The van der Waals surface area contributed by atoms with Crippen LogP contribution in [-0.4, -0.2) is 19.3 Å². The highest BCUT2D eigenvalue weighted by Gasteiger charge is 2.39. The molecule has 1 saturated heterocycles. The summed E-state index contributed by atoms with van der Waals surface area (Å²) >= 11 is 1.87. The molecule has 1 aliphatic heterocycles. The van der Waals surface area contributed by atoms with Gasteiger partial charge in [-0.2, -0.15) is 0 Å². The molecule has 0 amide bonds. The van der Waals surface area contributed by atoms with Gasteiger partial charge in [0.1, 0.15) is 6.04 Å². The van der Waals surface area contributed by atoms with Crippen molar-refractivity contribution in [3.8, 4) is 0 Å². The Morgan fingerprint density at radius 3 is 2.62 bits per heavy atom. The molecule has 2 heterocycles. The largest absolute Gasteiger partial charge is 0.378 e. The van der Waals surface area contributed by atoms with Gasteiger partial charge in [0.15, 0.2) is 0 Å². The van der Waals surface area contributed by atoms with Crippen LogP contribution in [0.15, 0.2) is 41.8 Å². The van der Waals surface area contributed by atoms with E-state index in [1.165, 1.54) is 22.4 Å². The second kappa shape index (κ2) is 8.69. The molecule has 1 aliphatic rings. The van der Waals surface area contributed by atoms with Crippen LogP contribution in [0.25, 0.3) is 0 Å². The lowest BCUT2D eigenvalue weighted by Gasteiger charge is -2.42. The first-order valence-corrected chi connectivity index (χ1v) is 10.9. The van der Waals surface area contributed by atoms with Gasteiger partial charge in [0, 0.05) is 18.4 Å². The summed E-state index contributed by atoms with van der Waals surface area (Å²) in [4.78, 5) is 1.47. The summed E-state index contributed by atoms with van der Waals surface area (Å²) in [5.74, 6) is 0.578. The first kappa shape index (κ1) is 19.6. The average Bonchev–Trinajstić information content (AvgIpc) is 3.17. The molecule has 2 aromatic rings. The molecule has 3 heteroatoms. The van der Waals surface area contributed by atoms with Gasteiger partial charge < -0.3 is 10.1 Å². The fourth-order valence-corrected chi connectivity index (χ4v) is 4.98. The van der Waals surface area contributed by atoms with E-state index in [4.69, 9.17) is 4.74 Å². The van der Waals surface area contributed by atoms with E-state index in [1.807, 2.05) is 11.3 Å². The minimum absolute atomic E-state index is 0.257. The zero-order chi connectivity index (χ0) is 18.6. The van der Waals surface area contributed by atoms with Crippen molar-refractivity contribution >= 4 is 11.3 Å². The van der Waals surface area contributed by atoms with E-state index in [9.17, 15) is 0 Å². The molecule has 2 N–H and O–H groups in total. The maximum atomic E-state index is 6.12. The number of benzene rings is 1. The minimum atomic E-state index is 0.257. The van der Waals surface area contributed by atoms with Crippen LogP contribution >= 0.6 is 11.3 Å². The Balaban J connectivity index is 1.73. The van der Waals surface area contributed by atoms with Crippen LogP contribution in [0.2, 0.25) is 0 Å². The van der Waals surface area contributed by atoms with E-state index >= 15 is 0 Å². The predicted octanol–water partition coefficient (Wildman–Crippen LogP) is 4.84. The highest BCUT2D eigenvalue weighted by atomic mass is 32.1. The number of aryl methyl sites for hydroxylation is 1.